The van der Waals surface area contributed by atoms with Crippen molar-refractivity contribution >= 4 is 11.0 Å². The van der Waals surface area contributed by atoms with Crippen LogP contribution in [0.1, 0.15) is 0 Å². The Hall–Kier alpha value is -2.16. The van der Waals surface area contributed by atoms with E-state index < -0.39 is 11.6 Å². The van der Waals surface area contributed by atoms with Crippen molar-refractivity contribution in [1.29, 1.82) is 0 Å². The van der Waals surface area contributed by atoms with Crippen molar-refractivity contribution in [3.63, 3.8) is 0 Å². The SMILES string of the molecule is Fc1ccc(-c2cccc3occc23)c(F)c1. The molecule has 0 spiro atoms. The molecule has 0 aliphatic heterocycles. The van der Waals surface area contributed by atoms with E-state index >= 15 is 0 Å². The van der Waals surface area contributed by atoms with Gasteiger partial charge in [-0.25, -0.2) is 8.78 Å². The molecule has 3 rings (SSSR count). The molecule has 0 unspecified atom stereocenters. The molecule has 1 heterocycles. The van der Waals surface area contributed by atoms with E-state index in [4.69, 9.17) is 4.42 Å². The molecule has 0 fully saturated rings. The largest absolute Gasteiger partial charge is 0.464 e. The average molecular weight is 230 g/mol. The van der Waals surface area contributed by atoms with Gasteiger partial charge in [-0.2, -0.15) is 0 Å². The Morgan fingerprint density at radius 2 is 1.76 bits per heavy atom. The maximum absolute atomic E-state index is 13.7. The second kappa shape index (κ2) is 3.70. The summed E-state index contributed by atoms with van der Waals surface area (Å²) in [5, 5.41) is 0.818. The highest BCUT2D eigenvalue weighted by atomic mass is 19.1. The van der Waals surface area contributed by atoms with E-state index in [1.165, 1.54) is 12.1 Å². The Kier molecular flexibility index (Phi) is 2.18. The van der Waals surface area contributed by atoms with Crippen LogP contribution < -0.4 is 0 Å². The van der Waals surface area contributed by atoms with Crippen molar-refractivity contribution in [3.8, 4) is 11.1 Å². The Labute approximate surface area is 96.3 Å². The fraction of sp³-hybridized carbons (Fsp3) is 0. The molecule has 17 heavy (non-hydrogen) atoms. The molecule has 0 saturated heterocycles. The zero-order valence-corrected chi connectivity index (χ0v) is 8.78. The number of hydrogen-bond donors (Lipinski definition) is 0. The number of fused-ring (bicyclic) bond motifs is 1. The first kappa shape index (κ1) is 10.0. The van der Waals surface area contributed by atoms with Gasteiger partial charge in [0.1, 0.15) is 17.2 Å². The molecule has 0 bridgehead atoms. The van der Waals surface area contributed by atoms with E-state index in [9.17, 15) is 8.78 Å². The summed E-state index contributed by atoms with van der Waals surface area (Å²) in [5.41, 5.74) is 1.76. The summed E-state index contributed by atoms with van der Waals surface area (Å²) in [7, 11) is 0. The minimum Gasteiger partial charge on any atom is -0.464 e. The van der Waals surface area contributed by atoms with Gasteiger partial charge in [0.25, 0.3) is 0 Å². The average Bonchev–Trinajstić information content (AvgIpc) is 2.77. The molecule has 0 radical (unpaired) electrons. The second-order valence-electron chi connectivity index (χ2n) is 3.76. The van der Waals surface area contributed by atoms with Crippen LogP contribution in [0.5, 0.6) is 0 Å². The fourth-order valence-corrected chi connectivity index (χ4v) is 1.94. The Balaban J connectivity index is 2.30. The molecule has 0 aliphatic rings. The van der Waals surface area contributed by atoms with Crippen LogP contribution in [0.15, 0.2) is 53.1 Å². The molecule has 1 nitrogen and oxygen atoms in total. The van der Waals surface area contributed by atoms with Gasteiger partial charge in [-0.3, -0.25) is 0 Å². The van der Waals surface area contributed by atoms with E-state index in [-0.39, 0.29) is 0 Å². The van der Waals surface area contributed by atoms with Gasteiger partial charge in [-0.1, -0.05) is 12.1 Å². The van der Waals surface area contributed by atoms with Crippen LogP contribution in [0.25, 0.3) is 22.1 Å². The number of halogens is 2. The van der Waals surface area contributed by atoms with Crippen LogP contribution in [0.2, 0.25) is 0 Å². The number of benzene rings is 2. The Morgan fingerprint density at radius 1 is 0.882 bits per heavy atom. The molecule has 3 aromatic rings. The summed E-state index contributed by atoms with van der Waals surface area (Å²) in [4.78, 5) is 0. The van der Waals surface area contributed by atoms with Gasteiger partial charge >= 0.3 is 0 Å². The molecular weight excluding hydrogens is 222 g/mol. The van der Waals surface area contributed by atoms with Gasteiger partial charge in [0.05, 0.1) is 6.26 Å². The van der Waals surface area contributed by atoms with E-state index in [0.717, 1.165) is 11.5 Å². The first-order valence-corrected chi connectivity index (χ1v) is 5.17. The quantitative estimate of drug-likeness (QED) is 0.604. The monoisotopic (exact) mass is 230 g/mol. The van der Waals surface area contributed by atoms with Gasteiger partial charge in [0, 0.05) is 17.0 Å². The molecule has 0 saturated carbocycles. The van der Waals surface area contributed by atoms with Crippen LogP contribution in [0, 0.1) is 11.6 Å². The third kappa shape index (κ3) is 1.60. The highest BCUT2D eigenvalue weighted by Gasteiger charge is 2.10. The lowest BCUT2D eigenvalue weighted by molar-refractivity contribution is 0.585. The van der Waals surface area contributed by atoms with E-state index in [1.54, 1.807) is 30.5 Å². The lowest BCUT2D eigenvalue weighted by atomic mass is 10.0. The van der Waals surface area contributed by atoms with Gasteiger partial charge in [-0.15, -0.1) is 0 Å². The summed E-state index contributed by atoms with van der Waals surface area (Å²) in [6.07, 6.45) is 1.55. The van der Waals surface area contributed by atoms with Crippen LogP contribution in [-0.2, 0) is 0 Å². The maximum Gasteiger partial charge on any atom is 0.134 e. The molecule has 0 N–H and O–H groups in total. The van der Waals surface area contributed by atoms with E-state index in [1.807, 2.05) is 0 Å². The van der Waals surface area contributed by atoms with Crippen molar-refractivity contribution in [3.05, 3.63) is 60.4 Å². The first-order chi connectivity index (χ1) is 8.25. The predicted octanol–water partition coefficient (Wildman–Crippen LogP) is 4.38. The third-order valence-electron chi connectivity index (χ3n) is 2.72. The maximum atomic E-state index is 13.7. The minimum absolute atomic E-state index is 0.374. The Bertz CT molecular complexity index is 686. The lowest BCUT2D eigenvalue weighted by Crippen LogP contribution is -1.86. The number of hydrogen-bond acceptors (Lipinski definition) is 1. The summed E-state index contributed by atoms with van der Waals surface area (Å²) < 4.78 is 31.8. The molecule has 3 heteroatoms. The summed E-state index contributed by atoms with van der Waals surface area (Å²) in [5.74, 6) is -1.15. The van der Waals surface area contributed by atoms with Crippen molar-refractivity contribution in [2.45, 2.75) is 0 Å². The van der Waals surface area contributed by atoms with Crippen LogP contribution in [0.4, 0.5) is 8.78 Å². The van der Waals surface area contributed by atoms with Gasteiger partial charge in [0.2, 0.25) is 0 Å². The van der Waals surface area contributed by atoms with Crippen LogP contribution in [0.3, 0.4) is 0 Å². The van der Waals surface area contributed by atoms with Crippen LogP contribution >= 0.6 is 0 Å². The molecular formula is C14H8F2O. The topological polar surface area (TPSA) is 13.1 Å². The second-order valence-corrected chi connectivity index (χ2v) is 3.76. The summed E-state index contributed by atoms with van der Waals surface area (Å²) in [6.45, 7) is 0. The molecule has 0 amide bonds. The van der Waals surface area contributed by atoms with Crippen LogP contribution in [-0.4, -0.2) is 0 Å². The standard InChI is InChI=1S/C14H8F2O/c15-9-4-5-11(13(16)8-9)10-2-1-3-14-12(10)6-7-17-14/h1-8H. The minimum atomic E-state index is -0.578. The predicted molar refractivity (Wildman–Crippen MR) is 61.6 cm³/mol. The summed E-state index contributed by atoms with van der Waals surface area (Å²) in [6, 6.07) is 10.7. The number of rotatable bonds is 1. The zero-order valence-electron chi connectivity index (χ0n) is 8.78. The third-order valence-corrected chi connectivity index (χ3v) is 2.72. The normalized spacial score (nSPS) is 10.9. The fourth-order valence-electron chi connectivity index (χ4n) is 1.94. The highest BCUT2D eigenvalue weighted by molar-refractivity contribution is 5.93. The molecule has 0 aliphatic carbocycles. The molecule has 2 aromatic carbocycles. The van der Waals surface area contributed by atoms with Crippen molar-refractivity contribution in [2.75, 3.05) is 0 Å². The van der Waals surface area contributed by atoms with Crippen molar-refractivity contribution < 1.29 is 13.2 Å². The molecule has 0 atom stereocenters. The Morgan fingerprint density at radius 3 is 2.59 bits per heavy atom. The first-order valence-electron chi connectivity index (χ1n) is 5.17. The molecule has 84 valence electrons. The summed E-state index contributed by atoms with van der Waals surface area (Å²) >= 11 is 0. The van der Waals surface area contributed by atoms with E-state index in [0.29, 0.717) is 16.7 Å². The van der Waals surface area contributed by atoms with Gasteiger partial charge in [0.15, 0.2) is 0 Å². The van der Waals surface area contributed by atoms with Gasteiger partial charge < -0.3 is 4.42 Å². The van der Waals surface area contributed by atoms with Crippen molar-refractivity contribution in [1.82, 2.24) is 0 Å². The van der Waals surface area contributed by atoms with E-state index in [2.05, 4.69) is 0 Å². The van der Waals surface area contributed by atoms with Gasteiger partial charge in [-0.05, 0) is 29.8 Å². The number of furan rings is 1. The lowest BCUT2D eigenvalue weighted by Gasteiger charge is -2.04. The highest BCUT2D eigenvalue weighted by Crippen LogP contribution is 2.31. The zero-order chi connectivity index (χ0) is 11.8. The van der Waals surface area contributed by atoms with Crippen molar-refractivity contribution in [2.24, 2.45) is 0 Å². The molecule has 1 aromatic heterocycles. The smallest absolute Gasteiger partial charge is 0.134 e.